The van der Waals surface area contributed by atoms with Crippen LogP contribution in [-0.2, 0) is 24.8 Å². The summed E-state index contributed by atoms with van der Waals surface area (Å²) in [5, 5.41) is 11.6. The number of carbonyl (C=O) groups is 1. The van der Waals surface area contributed by atoms with Crippen molar-refractivity contribution in [2.75, 3.05) is 11.8 Å². The number of nitrogens with one attached hydrogen (secondary N) is 1. The molecule has 0 spiro atoms. The fourth-order valence-corrected chi connectivity index (χ4v) is 5.32. The molecule has 0 amide bonds. The molecule has 2 radical (unpaired) electrons. The van der Waals surface area contributed by atoms with Gasteiger partial charge in [0.15, 0.2) is 0 Å². The number of methoxy groups -OCH3 is 1. The Bertz CT molecular complexity index is 1510. The second-order valence-electron chi connectivity index (χ2n) is 10.6. The van der Waals surface area contributed by atoms with Gasteiger partial charge in [-0.3, -0.25) is 14.8 Å². The molecular weight excluding hydrogens is 552 g/mol. The van der Waals surface area contributed by atoms with Crippen LogP contribution in [0.3, 0.4) is 0 Å². The number of sulfonamides is 1. The molecule has 0 heterocycles. The summed E-state index contributed by atoms with van der Waals surface area (Å²) in [5.41, 5.74) is 0.0296. The van der Waals surface area contributed by atoms with Crippen LogP contribution in [0.4, 0.5) is 11.4 Å². The van der Waals surface area contributed by atoms with Gasteiger partial charge in [-0.15, -0.1) is 0 Å². The first-order chi connectivity index (χ1) is 18.5. The largest absolute Gasteiger partial charge is 0.465 e. The van der Waals surface area contributed by atoms with Crippen molar-refractivity contribution in [3.8, 4) is 11.5 Å². The van der Waals surface area contributed by atoms with Crippen molar-refractivity contribution in [3.63, 3.8) is 0 Å². The zero-order valence-electron chi connectivity index (χ0n) is 23.4. The average molecular weight is 585 g/mol. The molecule has 0 unspecified atom stereocenters. The molecule has 0 saturated heterocycles. The van der Waals surface area contributed by atoms with Crippen LogP contribution in [0, 0.1) is 17.0 Å². The van der Waals surface area contributed by atoms with Gasteiger partial charge in [-0.05, 0) is 68.3 Å². The zero-order valence-corrected chi connectivity index (χ0v) is 25.2. The standard InChI is InChI=1S/C28H32N2O8SSi/c1-18-8-12-21(13-9-18)39(34,35)29-24-14-10-19(16-22(24)26(31)36-7)37-20-11-15-25(30(32)33)23(17-20)28(5,6)38-40-27(2,3)4/h8-17,29H,1-7H3. The number of anilines is 1. The number of benzene rings is 3. The monoisotopic (exact) mass is 584 g/mol. The van der Waals surface area contributed by atoms with E-state index in [0.717, 1.165) is 5.56 Å². The van der Waals surface area contributed by atoms with Crippen molar-refractivity contribution in [2.24, 2.45) is 0 Å². The summed E-state index contributed by atoms with van der Waals surface area (Å²) in [4.78, 5) is 23.9. The normalized spacial score (nSPS) is 12.1. The molecule has 0 fully saturated rings. The first-order valence-electron chi connectivity index (χ1n) is 12.3. The molecule has 0 bridgehead atoms. The third kappa shape index (κ3) is 7.68. The Kier molecular flexibility index (Phi) is 9.07. The van der Waals surface area contributed by atoms with Crippen LogP contribution in [0.15, 0.2) is 65.6 Å². The zero-order chi connectivity index (χ0) is 29.9. The molecule has 3 rings (SSSR count). The van der Waals surface area contributed by atoms with E-state index in [9.17, 15) is 23.3 Å². The lowest BCUT2D eigenvalue weighted by atomic mass is 9.96. The van der Waals surface area contributed by atoms with Gasteiger partial charge in [-0.25, -0.2) is 13.2 Å². The summed E-state index contributed by atoms with van der Waals surface area (Å²) < 4.78 is 45.2. The fourth-order valence-electron chi connectivity index (χ4n) is 3.57. The molecule has 10 nitrogen and oxygen atoms in total. The van der Waals surface area contributed by atoms with Crippen LogP contribution >= 0.6 is 0 Å². The number of ether oxygens (including phenoxy) is 2. The number of aryl methyl sites for hydroxylation is 1. The summed E-state index contributed by atoms with van der Waals surface area (Å²) in [6.45, 7) is 11.4. The Balaban J connectivity index is 1.96. The van der Waals surface area contributed by atoms with E-state index in [1.54, 1.807) is 26.0 Å². The van der Waals surface area contributed by atoms with E-state index >= 15 is 0 Å². The predicted octanol–water partition coefficient (Wildman–Crippen LogP) is 6.37. The van der Waals surface area contributed by atoms with Crippen LogP contribution in [0.25, 0.3) is 0 Å². The highest BCUT2D eigenvalue weighted by molar-refractivity contribution is 7.92. The molecule has 12 heteroatoms. The van der Waals surface area contributed by atoms with Gasteiger partial charge in [0.1, 0.15) is 11.5 Å². The van der Waals surface area contributed by atoms with Gasteiger partial charge in [0.05, 0.1) is 39.3 Å². The van der Waals surface area contributed by atoms with Crippen LogP contribution in [0.2, 0.25) is 5.04 Å². The molecular formula is C28H32N2O8SSi. The van der Waals surface area contributed by atoms with Crippen LogP contribution in [0.5, 0.6) is 11.5 Å². The Morgan fingerprint density at radius 2 is 1.55 bits per heavy atom. The number of hydrogen-bond donors (Lipinski definition) is 1. The smallest absolute Gasteiger partial charge is 0.340 e. The molecule has 1 N–H and O–H groups in total. The minimum Gasteiger partial charge on any atom is -0.465 e. The third-order valence-electron chi connectivity index (χ3n) is 5.63. The Morgan fingerprint density at radius 3 is 2.12 bits per heavy atom. The molecule has 0 aliphatic carbocycles. The van der Waals surface area contributed by atoms with E-state index in [2.05, 4.69) is 4.72 Å². The lowest BCUT2D eigenvalue weighted by molar-refractivity contribution is -0.386. The fraction of sp³-hybridized carbons (Fsp3) is 0.321. The van der Waals surface area contributed by atoms with E-state index in [1.807, 2.05) is 27.7 Å². The van der Waals surface area contributed by atoms with Gasteiger partial charge in [-0.1, -0.05) is 38.5 Å². The van der Waals surface area contributed by atoms with E-state index < -0.39 is 26.5 Å². The molecule has 212 valence electrons. The summed E-state index contributed by atoms with van der Waals surface area (Å²) in [5.74, 6) is -0.330. The second-order valence-corrected chi connectivity index (χ2v) is 14.2. The summed E-state index contributed by atoms with van der Waals surface area (Å²) in [7, 11) is -2.73. The Morgan fingerprint density at radius 1 is 0.950 bits per heavy atom. The van der Waals surface area contributed by atoms with Gasteiger partial charge in [0.25, 0.3) is 15.7 Å². The lowest BCUT2D eigenvalue weighted by Crippen LogP contribution is -2.28. The quantitative estimate of drug-likeness (QED) is 0.126. The van der Waals surface area contributed by atoms with Crippen LogP contribution in [-0.4, -0.2) is 36.2 Å². The van der Waals surface area contributed by atoms with E-state index in [4.69, 9.17) is 13.9 Å². The molecule has 0 aliphatic rings. The van der Waals surface area contributed by atoms with Crippen LogP contribution < -0.4 is 9.46 Å². The molecule has 0 aliphatic heterocycles. The third-order valence-corrected chi connectivity index (χ3v) is 8.24. The second kappa shape index (κ2) is 11.8. The van der Waals surface area contributed by atoms with Crippen molar-refractivity contribution in [3.05, 3.63) is 87.5 Å². The average Bonchev–Trinajstić information content (AvgIpc) is 2.87. The maximum Gasteiger partial charge on any atom is 0.340 e. The number of hydrogen-bond acceptors (Lipinski definition) is 8. The summed E-state index contributed by atoms with van der Waals surface area (Å²) in [6, 6.07) is 14.8. The van der Waals surface area contributed by atoms with Gasteiger partial charge in [-0.2, -0.15) is 0 Å². The SMILES string of the molecule is COC(=O)c1cc(Oc2ccc([N+](=O)[O-])c(C(C)(C)O[Si]C(C)(C)C)c2)ccc1NS(=O)(=O)c1ccc(C)cc1. The number of rotatable bonds is 10. The maximum absolute atomic E-state index is 12.9. The van der Waals surface area contributed by atoms with Crippen molar-refractivity contribution >= 4 is 37.1 Å². The highest BCUT2D eigenvalue weighted by Gasteiger charge is 2.32. The van der Waals surface area contributed by atoms with Crippen molar-refractivity contribution in [1.82, 2.24) is 0 Å². The minimum atomic E-state index is -3.99. The molecule has 0 aromatic heterocycles. The number of esters is 1. The molecule has 3 aromatic rings. The number of nitro groups is 1. The number of nitrogens with zero attached hydrogens (tertiary/aromatic N) is 1. The van der Waals surface area contributed by atoms with Gasteiger partial charge in [0, 0.05) is 6.07 Å². The van der Waals surface area contributed by atoms with Crippen LogP contribution in [0.1, 0.15) is 56.1 Å². The van der Waals surface area contributed by atoms with Crippen molar-refractivity contribution in [2.45, 2.75) is 57.1 Å². The van der Waals surface area contributed by atoms with Gasteiger partial charge < -0.3 is 13.9 Å². The van der Waals surface area contributed by atoms with Crippen molar-refractivity contribution < 1.29 is 32.0 Å². The van der Waals surface area contributed by atoms with E-state index in [0.29, 0.717) is 5.56 Å². The van der Waals surface area contributed by atoms with Gasteiger partial charge >= 0.3 is 5.97 Å². The number of carbonyl (C=O) groups excluding carboxylic acids is 1. The Hall–Kier alpha value is -3.74. The lowest BCUT2D eigenvalue weighted by Gasteiger charge is -2.29. The maximum atomic E-state index is 12.9. The number of nitro benzene ring substituents is 1. The van der Waals surface area contributed by atoms with Gasteiger partial charge in [0.2, 0.25) is 9.76 Å². The van der Waals surface area contributed by atoms with E-state index in [-0.39, 0.29) is 48.1 Å². The summed E-state index contributed by atoms with van der Waals surface area (Å²) >= 11 is 0. The van der Waals surface area contributed by atoms with Crippen molar-refractivity contribution in [1.29, 1.82) is 0 Å². The predicted molar refractivity (Wildman–Crippen MR) is 153 cm³/mol. The highest BCUT2D eigenvalue weighted by atomic mass is 32.2. The first-order valence-corrected chi connectivity index (χ1v) is 14.7. The van der Waals surface area contributed by atoms with E-state index in [1.165, 1.54) is 55.6 Å². The Labute approximate surface area is 236 Å². The highest BCUT2D eigenvalue weighted by Crippen LogP contribution is 2.38. The minimum absolute atomic E-state index is 0.00173. The molecule has 0 atom stereocenters. The topological polar surface area (TPSA) is 134 Å². The first kappa shape index (κ1) is 30.8. The summed E-state index contributed by atoms with van der Waals surface area (Å²) in [6.07, 6.45) is 0. The molecule has 40 heavy (non-hydrogen) atoms. The molecule has 0 saturated carbocycles. The molecule has 3 aromatic carbocycles.